The fourth-order valence-electron chi connectivity index (χ4n) is 2.22. The fraction of sp³-hybridized carbons (Fsp3) is 0.353. The van der Waals surface area contributed by atoms with Gasteiger partial charge >= 0.3 is 0 Å². The van der Waals surface area contributed by atoms with E-state index in [1.807, 2.05) is 19.2 Å². The Morgan fingerprint density at radius 3 is 2.30 bits per heavy atom. The van der Waals surface area contributed by atoms with E-state index in [0.717, 1.165) is 12.1 Å². The summed E-state index contributed by atoms with van der Waals surface area (Å²) >= 11 is 5.88. The van der Waals surface area contributed by atoms with Crippen molar-refractivity contribution in [3.05, 3.63) is 64.4 Å². The van der Waals surface area contributed by atoms with E-state index >= 15 is 0 Å². The first-order chi connectivity index (χ1) is 9.60. The zero-order chi connectivity index (χ0) is 14.5. The largest absolute Gasteiger partial charge is 0.311 e. The first-order valence-electron chi connectivity index (χ1n) is 6.97. The van der Waals surface area contributed by atoms with Crippen molar-refractivity contribution >= 4 is 11.6 Å². The molecular formula is C17H21ClN2. The number of aromatic nitrogens is 1. The zero-order valence-corrected chi connectivity index (χ0v) is 13.0. The molecule has 1 N–H and O–H groups in total. The van der Waals surface area contributed by atoms with Crippen molar-refractivity contribution in [3.63, 3.8) is 0 Å². The van der Waals surface area contributed by atoms with Gasteiger partial charge in [0, 0.05) is 6.20 Å². The lowest BCUT2D eigenvalue weighted by atomic mass is 9.98. The molecule has 0 amide bonds. The Kier molecular flexibility index (Phi) is 5.16. The van der Waals surface area contributed by atoms with E-state index in [1.165, 1.54) is 11.1 Å². The molecule has 0 aliphatic rings. The third-order valence-corrected chi connectivity index (χ3v) is 3.77. The molecule has 0 fully saturated rings. The predicted molar refractivity (Wildman–Crippen MR) is 85.3 cm³/mol. The molecule has 1 atom stereocenters. The summed E-state index contributed by atoms with van der Waals surface area (Å²) in [4.78, 5) is 4.40. The standard InChI is InChI=1S/C17H21ClN2/c1-12(2)14-6-4-13(5-7-14)10-17(19-3)16-9-8-15(18)11-20-16/h4-9,11-12,17,19H,10H2,1-3H3. The number of pyridine rings is 1. The summed E-state index contributed by atoms with van der Waals surface area (Å²) in [6, 6.07) is 12.9. The number of hydrogen-bond acceptors (Lipinski definition) is 2. The molecule has 1 unspecified atom stereocenters. The van der Waals surface area contributed by atoms with Crippen molar-refractivity contribution in [2.75, 3.05) is 7.05 Å². The van der Waals surface area contributed by atoms with Crippen molar-refractivity contribution in [3.8, 4) is 0 Å². The normalized spacial score (nSPS) is 12.7. The van der Waals surface area contributed by atoms with E-state index < -0.39 is 0 Å². The van der Waals surface area contributed by atoms with Crippen LogP contribution in [0.2, 0.25) is 5.02 Å². The highest BCUT2D eigenvalue weighted by atomic mass is 35.5. The third-order valence-electron chi connectivity index (χ3n) is 3.54. The monoisotopic (exact) mass is 288 g/mol. The Morgan fingerprint density at radius 1 is 1.10 bits per heavy atom. The Balaban J connectivity index is 2.11. The van der Waals surface area contributed by atoms with E-state index in [-0.39, 0.29) is 6.04 Å². The van der Waals surface area contributed by atoms with Crippen LogP contribution in [-0.4, -0.2) is 12.0 Å². The average Bonchev–Trinajstić information content (AvgIpc) is 2.46. The maximum absolute atomic E-state index is 5.88. The van der Waals surface area contributed by atoms with E-state index in [0.29, 0.717) is 10.9 Å². The molecule has 2 rings (SSSR count). The number of benzene rings is 1. The van der Waals surface area contributed by atoms with Gasteiger partial charge in [-0.2, -0.15) is 0 Å². The predicted octanol–water partition coefficient (Wildman–Crippen LogP) is 4.36. The van der Waals surface area contributed by atoms with E-state index in [1.54, 1.807) is 6.20 Å². The number of nitrogens with one attached hydrogen (secondary N) is 1. The summed E-state index contributed by atoms with van der Waals surface area (Å²) in [5, 5.41) is 3.99. The second-order valence-corrected chi connectivity index (χ2v) is 5.78. The molecule has 1 heterocycles. The summed E-state index contributed by atoms with van der Waals surface area (Å²) in [6.07, 6.45) is 2.62. The molecule has 0 aliphatic heterocycles. The van der Waals surface area contributed by atoms with Crippen LogP contribution in [-0.2, 0) is 6.42 Å². The molecular weight excluding hydrogens is 268 g/mol. The molecule has 1 aromatic carbocycles. The zero-order valence-electron chi connectivity index (χ0n) is 12.2. The van der Waals surface area contributed by atoms with Crippen LogP contribution in [0.1, 0.15) is 42.6 Å². The summed E-state index contributed by atoms with van der Waals surface area (Å²) in [5.41, 5.74) is 3.70. The molecule has 0 aliphatic carbocycles. The van der Waals surface area contributed by atoms with Gasteiger partial charge in [-0.1, -0.05) is 49.7 Å². The second-order valence-electron chi connectivity index (χ2n) is 5.34. The van der Waals surface area contributed by atoms with Crippen LogP contribution in [0.25, 0.3) is 0 Å². The minimum absolute atomic E-state index is 0.206. The molecule has 3 heteroatoms. The van der Waals surface area contributed by atoms with E-state index in [9.17, 15) is 0 Å². The lowest BCUT2D eigenvalue weighted by Crippen LogP contribution is -2.19. The molecule has 0 spiro atoms. The van der Waals surface area contributed by atoms with Gasteiger partial charge in [0.1, 0.15) is 0 Å². The molecule has 2 aromatic rings. The van der Waals surface area contributed by atoms with Gasteiger partial charge in [0.15, 0.2) is 0 Å². The summed E-state index contributed by atoms with van der Waals surface area (Å²) in [7, 11) is 1.96. The smallest absolute Gasteiger partial charge is 0.0589 e. The van der Waals surface area contributed by atoms with Crippen molar-refractivity contribution in [1.29, 1.82) is 0 Å². The molecule has 0 bridgehead atoms. The molecule has 0 saturated heterocycles. The SMILES string of the molecule is CNC(Cc1ccc(C(C)C)cc1)c1ccc(Cl)cn1. The van der Waals surface area contributed by atoms with Crippen LogP contribution in [0.5, 0.6) is 0 Å². The molecule has 0 radical (unpaired) electrons. The van der Waals surface area contributed by atoms with Gasteiger partial charge in [-0.25, -0.2) is 0 Å². The number of hydrogen-bond donors (Lipinski definition) is 1. The third kappa shape index (κ3) is 3.81. The van der Waals surface area contributed by atoms with Crippen LogP contribution in [0.3, 0.4) is 0 Å². The van der Waals surface area contributed by atoms with Crippen molar-refractivity contribution in [1.82, 2.24) is 10.3 Å². The lowest BCUT2D eigenvalue weighted by Gasteiger charge is -2.16. The number of halogens is 1. The topological polar surface area (TPSA) is 24.9 Å². The van der Waals surface area contributed by atoms with Crippen LogP contribution >= 0.6 is 11.6 Å². The number of likely N-dealkylation sites (N-methyl/N-ethyl adjacent to an activating group) is 1. The molecule has 1 aromatic heterocycles. The summed E-state index contributed by atoms with van der Waals surface area (Å²) < 4.78 is 0. The minimum atomic E-state index is 0.206. The van der Waals surface area contributed by atoms with Crippen LogP contribution < -0.4 is 5.32 Å². The molecule has 2 nitrogen and oxygen atoms in total. The van der Waals surface area contributed by atoms with Crippen LogP contribution in [0.4, 0.5) is 0 Å². The van der Waals surface area contributed by atoms with Gasteiger partial charge in [-0.05, 0) is 42.6 Å². The number of rotatable bonds is 5. The Hall–Kier alpha value is -1.38. The highest BCUT2D eigenvalue weighted by Gasteiger charge is 2.11. The van der Waals surface area contributed by atoms with Crippen LogP contribution in [0.15, 0.2) is 42.6 Å². The van der Waals surface area contributed by atoms with Crippen LogP contribution in [0, 0.1) is 0 Å². The first kappa shape index (κ1) is 15.0. The molecule has 106 valence electrons. The van der Waals surface area contributed by atoms with Crippen molar-refractivity contribution in [2.45, 2.75) is 32.2 Å². The average molecular weight is 289 g/mol. The molecule has 0 saturated carbocycles. The van der Waals surface area contributed by atoms with Gasteiger partial charge in [-0.3, -0.25) is 4.98 Å². The number of nitrogens with zero attached hydrogens (tertiary/aromatic N) is 1. The minimum Gasteiger partial charge on any atom is -0.311 e. The maximum Gasteiger partial charge on any atom is 0.0589 e. The Labute approximate surface area is 126 Å². The van der Waals surface area contributed by atoms with E-state index in [2.05, 4.69) is 48.4 Å². The summed E-state index contributed by atoms with van der Waals surface area (Å²) in [5.74, 6) is 0.571. The summed E-state index contributed by atoms with van der Waals surface area (Å²) in [6.45, 7) is 4.42. The Morgan fingerprint density at radius 2 is 1.80 bits per heavy atom. The van der Waals surface area contributed by atoms with Gasteiger partial charge < -0.3 is 5.32 Å². The van der Waals surface area contributed by atoms with Gasteiger partial charge in [-0.15, -0.1) is 0 Å². The van der Waals surface area contributed by atoms with Gasteiger partial charge in [0.05, 0.1) is 16.8 Å². The second kappa shape index (κ2) is 6.87. The fourth-order valence-corrected chi connectivity index (χ4v) is 2.33. The first-order valence-corrected chi connectivity index (χ1v) is 7.35. The highest BCUT2D eigenvalue weighted by Crippen LogP contribution is 2.20. The van der Waals surface area contributed by atoms with Gasteiger partial charge in [0.2, 0.25) is 0 Å². The van der Waals surface area contributed by atoms with Gasteiger partial charge in [0.25, 0.3) is 0 Å². The maximum atomic E-state index is 5.88. The molecule has 20 heavy (non-hydrogen) atoms. The quantitative estimate of drug-likeness (QED) is 0.884. The highest BCUT2D eigenvalue weighted by molar-refractivity contribution is 6.30. The van der Waals surface area contributed by atoms with E-state index in [4.69, 9.17) is 11.6 Å². The van der Waals surface area contributed by atoms with Crippen molar-refractivity contribution in [2.24, 2.45) is 0 Å². The van der Waals surface area contributed by atoms with Crippen molar-refractivity contribution < 1.29 is 0 Å². The Bertz CT molecular complexity index is 532. The lowest BCUT2D eigenvalue weighted by molar-refractivity contribution is 0.576.